The van der Waals surface area contributed by atoms with Crippen LogP contribution < -0.4 is 4.74 Å². The first-order chi connectivity index (χ1) is 14.9. The summed E-state index contributed by atoms with van der Waals surface area (Å²) >= 11 is 0. The van der Waals surface area contributed by atoms with Crippen LogP contribution in [-0.2, 0) is 23.2 Å². The number of nitrogens with zero attached hydrogens (tertiary/aromatic N) is 5. The molecule has 10 heteroatoms. The average molecular weight is 446 g/mol. The van der Waals surface area contributed by atoms with Crippen molar-refractivity contribution in [3.63, 3.8) is 0 Å². The van der Waals surface area contributed by atoms with Gasteiger partial charge in [0.1, 0.15) is 28.6 Å². The zero-order valence-electron chi connectivity index (χ0n) is 17.8. The molecule has 1 aliphatic rings. The smallest absolute Gasteiger partial charge is 0.248 e. The molecule has 0 amide bonds. The molecule has 0 spiro atoms. The molecule has 0 saturated carbocycles. The number of ether oxygens (including phenoxy) is 1. The zero-order valence-corrected chi connectivity index (χ0v) is 18.6. The number of aromatic nitrogens is 4. The predicted molar refractivity (Wildman–Crippen MR) is 113 cm³/mol. The van der Waals surface area contributed by atoms with Crippen molar-refractivity contribution in [3.05, 3.63) is 53.7 Å². The molecule has 1 unspecified atom stereocenters. The molecular weight excluding hydrogens is 418 g/mol. The quantitative estimate of drug-likeness (QED) is 0.525. The molecule has 1 aromatic carbocycles. The Morgan fingerprint density at radius 3 is 2.74 bits per heavy atom. The van der Waals surface area contributed by atoms with E-state index in [1.807, 2.05) is 36.5 Å². The number of hydrogen-bond acceptors (Lipinski definition) is 7. The Bertz CT molecular complexity index is 1090. The summed E-state index contributed by atoms with van der Waals surface area (Å²) in [5, 5.41) is 12.2. The van der Waals surface area contributed by atoms with Gasteiger partial charge in [0.15, 0.2) is 5.76 Å². The van der Waals surface area contributed by atoms with E-state index in [4.69, 9.17) is 9.26 Å². The topological polar surface area (TPSA) is 103 Å². The van der Waals surface area contributed by atoms with Crippen molar-refractivity contribution in [2.45, 2.75) is 63.6 Å². The van der Waals surface area contributed by atoms with Crippen molar-refractivity contribution in [2.75, 3.05) is 6.54 Å². The van der Waals surface area contributed by atoms with Gasteiger partial charge in [-0.3, -0.25) is 4.68 Å². The van der Waals surface area contributed by atoms with E-state index >= 15 is 0 Å². The first-order valence-electron chi connectivity index (χ1n) is 10.5. The highest BCUT2D eigenvalue weighted by atomic mass is 32.2. The van der Waals surface area contributed by atoms with Crippen LogP contribution in [0.1, 0.15) is 42.8 Å². The van der Waals surface area contributed by atoms with Gasteiger partial charge in [0.2, 0.25) is 10.0 Å². The van der Waals surface area contributed by atoms with E-state index in [-0.39, 0.29) is 10.9 Å². The zero-order chi connectivity index (χ0) is 21.8. The van der Waals surface area contributed by atoms with Gasteiger partial charge in [0.25, 0.3) is 0 Å². The molecule has 2 aromatic heterocycles. The van der Waals surface area contributed by atoms with Crippen molar-refractivity contribution >= 4 is 10.0 Å². The van der Waals surface area contributed by atoms with E-state index in [1.165, 1.54) is 0 Å². The Hall–Kier alpha value is -2.72. The number of sulfonamides is 1. The lowest BCUT2D eigenvalue weighted by Gasteiger charge is -2.34. The third-order valence-corrected chi connectivity index (χ3v) is 7.71. The summed E-state index contributed by atoms with van der Waals surface area (Å²) in [7, 11) is -3.66. The largest absolute Gasteiger partial charge is 0.487 e. The minimum Gasteiger partial charge on any atom is -0.487 e. The van der Waals surface area contributed by atoms with E-state index in [9.17, 15) is 8.42 Å². The van der Waals surface area contributed by atoms with Crippen LogP contribution in [0, 0.1) is 13.8 Å². The summed E-state index contributed by atoms with van der Waals surface area (Å²) in [6.07, 6.45) is 5.18. The maximum Gasteiger partial charge on any atom is 0.248 e. The molecule has 1 atom stereocenters. The van der Waals surface area contributed by atoms with Gasteiger partial charge in [-0.05, 0) is 45.2 Å². The molecule has 0 bridgehead atoms. The molecule has 3 heterocycles. The average Bonchev–Trinajstić information content (AvgIpc) is 3.37. The first kappa shape index (κ1) is 21.5. The van der Waals surface area contributed by atoms with Gasteiger partial charge in [-0.15, -0.1) is 5.10 Å². The number of aryl methyl sites for hydroxylation is 3. The molecule has 9 nitrogen and oxygen atoms in total. The Morgan fingerprint density at radius 2 is 2.00 bits per heavy atom. The summed E-state index contributed by atoms with van der Waals surface area (Å²) in [5.74, 6) is 1.11. The molecule has 0 aliphatic carbocycles. The van der Waals surface area contributed by atoms with Crippen LogP contribution in [0.25, 0.3) is 0 Å². The van der Waals surface area contributed by atoms with Crippen LogP contribution in [-0.4, -0.2) is 45.5 Å². The van der Waals surface area contributed by atoms with Crippen molar-refractivity contribution in [1.29, 1.82) is 0 Å². The number of para-hydroxylation sites is 1. The predicted octanol–water partition coefficient (Wildman–Crippen LogP) is 3.10. The van der Waals surface area contributed by atoms with Crippen LogP contribution in [0.4, 0.5) is 0 Å². The molecule has 0 N–H and O–H groups in total. The van der Waals surface area contributed by atoms with Gasteiger partial charge in [0, 0.05) is 19.1 Å². The molecule has 0 radical (unpaired) electrons. The second kappa shape index (κ2) is 9.19. The van der Waals surface area contributed by atoms with E-state index in [2.05, 4.69) is 15.5 Å². The lowest BCUT2D eigenvalue weighted by atomic mass is 10.0. The highest BCUT2D eigenvalue weighted by molar-refractivity contribution is 7.89. The summed E-state index contributed by atoms with van der Waals surface area (Å²) in [6, 6.07) is 9.45. The van der Waals surface area contributed by atoms with Gasteiger partial charge in [0.05, 0.1) is 6.20 Å². The fraction of sp³-hybridized carbons (Fsp3) is 0.476. The van der Waals surface area contributed by atoms with Crippen molar-refractivity contribution in [2.24, 2.45) is 0 Å². The van der Waals surface area contributed by atoms with Gasteiger partial charge < -0.3 is 9.26 Å². The second-order valence-electron chi connectivity index (χ2n) is 7.78. The lowest BCUT2D eigenvalue weighted by molar-refractivity contribution is 0.230. The Labute approximate surface area is 182 Å². The molecule has 166 valence electrons. The van der Waals surface area contributed by atoms with E-state index in [0.717, 1.165) is 30.7 Å². The molecule has 1 aliphatic heterocycles. The van der Waals surface area contributed by atoms with E-state index in [1.54, 1.807) is 22.8 Å². The van der Waals surface area contributed by atoms with Crippen LogP contribution in [0.3, 0.4) is 0 Å². The van der Waals surface area contributed by atoms with Crippen molar-refractivity contribution in [3.8, 4) is 5.75 Å². The van der Waals surface area contributed by atoms with Gasteiger partial charge in [-0.1, -0.05) is 35.0 Å². The van der Waals surface area contributed by atoms with Crippen LogP contribution in [0.15, 0.2) is 45.9 Å². The molecule has 1 fully saturated rings. The van der Waals surface area contributed by atoms with Gasteiger partial charge in [-0.25, -0.2) is 8.42 Å². The Morgan fingerprint density at radius 1 is 1.19 bits per heavy atom. The molecular formula is C21H27N5O4S. The third-order valence-electron chi connectivity index (χ3n) is 5.52. The second-order valence-corrected chi connectivity index (χ2v) is 9.61. The number of piperidine rings is 1. The summed E-state index contributed by atoms with van der Waals surface area (Å²) < 4.78 is 40.8. The molecule has 1 saturated heterocycles. The minimum absolute atomic E-state index is 0.0966. The number of benzene rings is 1. The van der Waals surface area contributed by atoms with Crippen LogP contribution in [0.5, 0.6) is 5.75 Å². The third kappa shape index (κ3) is 4.80. The maximum absolute atomic E-state index is 13.3. The fourth-order valence-corrected chi connectivity index (χ4v) is 6.03. The molecule has 3 aromatic rings. The Balaban J connectivity index is 1.40. The summed E-state index contributed by atoms with van der Waals surface area (Å²) in [4.78, 5) is 0.195. The van der Waals surface area contributed by atoms with E-state index < -0.39 is 10.0 Å². The van der Waals surface area contributed by atoms with Crippen LogP contribution in [0.2, 0.25) is 0 Å². The number of rotatable bonds is 8. The Kier molecular flexibility index (Phi) is 6.38. The lowest BCUT2D eigenvalue weighted by Crippen LogP contribution is -2.44. The SMILES string of the molecule is Cc1noc(C)c1S(=O)(=O)N1CCCCC1CCn1cc(COc2ccccc2)nn1. The number of hydrogen-bond donors (Lipinski definition) is 0. The molecule has 31 heavy (non-hydrogen) atoms. The van der Waals surface area contributed by atoms with E-state index in [0.29, 0.717) is 37.6 Å². The van der Waals surface area contributed by atoms with Gasteiger partial charge >= 0.3 is 0 Å². The summed E-state index contributed by atoms with van der Waals surface area (Å²) in [6.45, 7) is 4.72. The minimum atomic E-state index is -3.66. The maximum atomic E-state index is 13.3. The van der Waals surface area contributed by atoms with Crippen LogP contribution >= 0.6 is 0 Å². The standard InChI is InChI=1S/C21H27N5O4S/c1-16-21(17(2)30-23-16)31(27,28)26-12-7-6-8-19(26)11-13-25-14-18(22-24-25)15-29-20-9-4-3-5-10-20/h3-5,9-10,14,19H,6-8,11-13,15H2,1-2H3. The highest BCUT2D eigenvalue weighted by Gasteiger charge is 2.36. The monoisotopic (exact) mass is 445 g/mol. The molecule has 4 rings (SSSR count). The normalized spacial score (nSPS) is 17.7. The fourth-order valence-electron chi connectivity index (χ4n) is 4.01. The van der Waals surface area contributed by atoms with Crippen molar-refractivity contribution in [1.82, 2.24) is 24.5 Å². The summed E-state index contributed by atoms with van der Waals surface area (Å²) in [5.41, 5.74) is 1.13. The highest BCUT2D eigenvalue weighted by Crippen LogP contribution is 2.30. The first-order valence-corrected chi connectivity index (χ1v) is 11.9. The van der Waals surface area contributed by atoms with Gasteiger partial charge in [-0.2, -0.15) is 4.31 Å². The van der Waals surface area contributed by atoms with Crippen molar-refractivity contribution < 1.29 is 17.7 Å².